The summed E-state index contributed by atoms with van der Waals surface area (Å²) in [4.78, 5) is 2.38. The first-order valence-corrected chi connectivity index (χ1v) is 8.65. The van der Waals surface area contributed by atoms with E-state index in [1.165, 1.54) is 5.56 Å². The Bertz CT molecular complexity index is 633. The Morgan fingerprint density at radius 3 is 2.33 bits per heavy atom. The van der Waals surface area contributed by atoms with E-state index in [0.717, 1.165) is 31.1 Å². The summed E-state index contributed by atoms with van der Waals surface area (Å²) in [6.07, 6.45) is 0. The maximum atomic E-state index is 6.35. The van der Waals surface area contributed by atoms with Gasteiger partial charge in [0.15, 0.2) is 11.5 Å². The van der Waals surface area contributed by atoms with Crippen molar-refractivity contribution in [3.05, 3.63) is 60.2 Å². The lowest BCUT2D eigenvalue weighted by atomic mass is 9.95. The Kier molecular flexibility index (Phi) is 5.72. The van der Waals surface area contributed by atoms with E-state index in [-0.39, 0.29) is 6.04 Å². The van der Waals surface area contributed by atoms with Crippen LogP contribution in [0.2, 0.25) is 0 Å². The predicted molar refractivity (Wildman–Crippen MR) is 96.7 cm³/mol. The molecule has 0 unspecified atom stereocenters. The summed E-state index contributed by atoms with van der Waals surface area (Å²) in [6.45, 7) is 6.03. The van der Waals surface area contributed by atoms with Gasteiger partial charge in [-0.25, -0.2) is 0 Å². The van der Waals surface area contributed by atoms with E-state index in [1.54, 1.807) is 0 Å². The second kappa shape index (κ2) is 8.18. The SMILES string of the molecule is CCOc1ccccc1OCCN1C[C@@H](N)[C@H](c2ccccc2)C1. The average molecular weight is 326 g/mol. The van der Waals surface area contributed by atoms with Gasteiger partial charge in [0.05, 0.1) is 6.61 Å². The zero-order valence-corrected chi connectivity index (χ0v) is 14.2. The van der Waals surface area contributed by atoms with E-state index in [1.807, 2.05) is 37.3 Å². The van der Waals surface area contributed by atoms with Crippen LogP contribution >= 0.6 is 0 Å². The molecule has 0 amide bonds. The van der Waals surface area contributed by atoms with Crippen molar-refractivity contribution >= 4 is 0 Å². The van der Waals surface area contributed by atoms with Gasteiger partial charge < -0.3 is 15.2 Å². The van der Waals surface area contributed by atoms with Gasteiger partial charge in [-0.05, 0) is 24.6 Å². The highest BCUT2D eigenvalue weighted by molar-refractivity contribution is 5.39. The Balaban J connectivity index is 1.51. The van der Waals surface area contributed by atoms with Crippen LogP contribution in [-0.2, 0) is 0 Å². The molecule has 1 aliphatic heterocycles. The number of hydrogen-bond donors (Lipinski definition) is 1. The molecule has 0 spiro atoms. The van der Waals surface area contributed by atoms with Gasteiger partial charge in [-0.3, -0.25) is 4.90 Å². The molecule has 2 atom stereocenters. The summed E-state index contributed by atoms with van der Waals surface area (Å²) < 4.78 is 11.5. The number of ether oxygens (including phenoxy) is 2. The van der Waals surface area contributed by atoms with Crippen LogP contribution in [0.3, 0.4) is 0 Å². The lowest BCUT2D eigenvalue weighted by molar-refractivity contribution is 0.224. The van der Waals surface area contributed by atoms with Gasteiger partial charge in [-0.2, -0.15) is 0 Å². The maximum Gasteiger partial charge on any atom is 0.161 e. The molecule has 0 radical (unpaired) electrons. The topological polar surface area (TPSA) is 47.7 Å². The number of nitrogens with zero attached hydrogens (tertiary/aromatic N) is 1. The first-order chi connectivity index (χ1) is 11.8. The van der Waals surface area contributed by atoms with Crippen LogP contribution in [0.25, 0.3) is 0 Å². The van der Waals surface area contributed by atoms with Crippen LogP contribution in [0.15, 0.2) is 54.6 Å². The fraction of sp³-hybridized carbons (Fsp3) is 0.400. The molecule has 24 heavy (non-hydrogen) atoms. The second-order valence-electron chi connectivity index (χ2n) is 6.17. The minimum absolute atomic E-state index is 0.183. The van der Waals surface area contributed by atoms with Crippen LogP contribution in [0.5, 0.6) is 11.5 Å². The second-order valence-corrected chi connectivity index (χ2v) is 6.17. The third kappa shape index (κ3) is 4.08. The van der Waals surface area contributed by atoms with Crippen molar-refractivity contribution in [2.75, 3.05) is 32.8 Å². The third-order valence-electron chi connectivity index (χ3n) is 4.48. The number of rotatable bonds is 7. The number of likely N-dealkylation sites (tertiary alicyclic amines) is 1. The van der Waals surface area contributed by atoms with E-state index < -0.39 is 0 Å². The highest BCUT2D eigenvalue weighted by Gasteiger charge is 2.30. The smallest absolute Gasteiger partial charge is 0.161 e. The standard InChI is InChI=1S/C20H26N2O2/c1-2-23-19-10-6-7-11-20(19)24-13-12-22-14-17(18(21)15-22)16-8-4-3-5-9-16/h3-11,17-18H,2,12-15,21H2,1H3/t17-,18+/m0/s1. The van der Waals surface area contributed by atoms with Crippen molar-refractivity contribution in [3.8, 4) is 11.5 Å². The van der Waals surface area contributed by atoms with Gasteiger partial charge in [-0.1, -0.05) is 42.5 Å². The molecule has 0 saturated carbocycles. The van der Waals surface area contributed by atoms with Crippen LogP contribution in [0.4, 0.5) is 0 Å². The first kappa shape index (κ1) is 16.8. The Labute approximate surface area is 144 Å². The highest BCUT2D eigenvalue weighted by Crippen LogP contribution is 2.28. The summed E-state index contributed by atoms with van der Waals surface area (Å²) in [5.41, 5.74) is 7.67. The zero-order valence-electron chi connectivity index (χ0n) is 14.2. The molecule has 1 saturated heterocycles. The molecule has 0 aromatic heterocycles. The van der Waals surface area contributed by atoms with Gasteiger partial charge >= 0.3 is 0 Å². The number of para-hydroxylation sites is 2. The normalized spacial score (nSPS) is 20.9. The Hall–Kier alpha value is -2.04. The van der Waals surface area contributed by atoms with E-state index >= 15 is 0 Å². The Morgan fingerprint density at radius 1 is 0.958 bits per heavy atom. The summed E-state index contributed by atoms with van der Waals surface area (Å²) >= 11 is 0. The van der Waals surface area contributed by atoms with Gasteiger partial charge in [0.2, 0.25) is 0 Å². The molecule has 128 valence electrons. The van der Waals surface area contributed by atoms with Crippen molar-refractivity contribution in [1.29, 1.82) is 0 Å². The largest absolute Gasteiger partial charge is 0.490 e. The summed E-state index contributed by atoms with van der Waals surface area (Å²) in [5, 5.41) is 0. The monoisotopic (exact) mass is 326 g/mol. The maximum absolute atomic E-state index is 6.35. The van der Waals surface area contributed by atoms with Crippen LogP contribution in [0, 0.1) is 0 Å². The van der Waals surface area contributed by atoms with Gasteiger partial charge in [-0.15, -0.1) is 0 Å². The van der Waals surface area contributed by atoms with E-state index in [2.05, 4.69) is 29.2 Å². The van der Waals surface area contributed by atoms with Crippen molar-refractivity contribution in [3.63, 3.8) is 0 Å². The van der Waals surface area contributed by atoms with Crippen LogP contribution < -0.4 is 15.2 Å². The highest BCUT2D eigenvalue weighted by atomic mass is 16.5. The summed E-state index contributed by atoms with van der Waals surface area (Å²) in [7, 11) is 0. The minimum atomic E-state index is 0.183. The molecule has 3 rings (SSSR count). The molecule has 1 heterocycles. The molecular formula is C20H26N2O2. The van der Waals surface area contributed by atoms with Gasteiger partial charge in [0, 0.05) is 31.6 Å². The molecule has 1 aliphatic rings. The van der Waals surface area contributed by atoms with Gasteiger partial charge in [0.25, 0.3) is 0 Å². The molecule has 2 aromatic carbocycles. The fourth-order valence-corrected chi connectivity index (χ4v) is 3.28. The van der Waals surface area contributed by atoms with Crippen molar-refractivity contribution in [2.24, 2.45) is 5.73 Å². The van der Waals surface area contributed by atoms with E-state index in [4.69, 9.17) is 15.2 Å². The molecule has 1 fully saturated rings. The minimum Gasteiger partial charge on any atom is -0.490 e. The molecule has 4 heteroatoms. The fourth-order valence-electron chi connectivity index (χ4n) is 3.28. The number of nitrogens with two attached hydrogens (primary N) is 1. The predicted octanol–water partition coefficient (Wildman–Crippen LogP) is 2.89. The van der Waals surface area contributed by atoms with Crippen molar-refractivity contribution in [2.45, 2.75) is 18.9 Å². The molecule has 2 N–H and O–H groups in total. The summed E-state index contributed by atoms with van der Waals surface area (Å²) in [6, 6.07) is 18.6. The third-order valence-corrected chi connectivity index (χ3v) is 4.48. The zero-order chi connectivity index (χ0) is 16.8. The van der Waals surface area contributed by atoms with Crippen LogP contribution in [-0.4, -0.2) is 43.8 Å². The van der Waals surface area contributed by atoms with Crippen molar-refractivity contribution in [1.82, 2.24) is 4.90 Å². The molecular weight excluding hydrogens is 300 g/mol. The van der Waals surface area contributed by atoms with Crippen molar-refractivity contribution < 1.29 is 9.47 Å². The molecule has 4 nitrogen and oxygen atoms in total. The van der Waals surface area contributed by atoms with E-state index in [0.29, 0.717) is 19.1 Å². The quantitative estimate of drug-likeness (QED) is 0.850. The van der Waals surface area contributed by atoms with Gasteiger partial charge in [0.1, 0.15) is 6.61 Å². The van der Waals surface area contributed by atoms with E-state index in [9.17, 15) is 0 Å². The molecule has 0 aliphatic carbocycles. The first-order valence-electron chi connectivity index (χ1n) is 8.65. The number of benzene rings is 2. The number of hydrogen-bond acceptors (Lipinski definition) is 4. The average Bonchev–Trinajstić information content (AvgIpc) is 2.98. The lowest BCUT2D eigenvalue weighted by Crippen LogP contribution is -2.30. The molecule has 0 bridgehead atoms. The summed E-state index contributed by atoms with van der Waals surface area (Å²) in [5.74, 6) is 2.02. The molecule has 2 aromatic rings. The van der Waals surface area contributed by atoms with Crippen LogP contribution in [0.1, 0.15) is 18.4 Å². The Morgan fingerprint density at radius 2 is 1.62 bits per heavy atom. The lowest BCUT2D eigenvalue weighted by Gasteiger charge is -2.17.